The molecule has 0 aliphatic carbocycles. The van der Waals surface area contributed by atoms with Gasteiger partial charge in [-0.1, -0.05) is 43.3 Å². The van der Waals surface area contributed by atoms with E-state index in [2.05, 4.69) is 11.5 Å². The number of halogens is 4. The van der Waals surface area contributed by atoms with E-state index in [9.17, 15) is 18.3 Å². The van der Waals surface area contributed by atoms with Crippen LogP contribution in [0.3, 0.4) is 0 Å². The maximum absolute atomic E-state index is 15.6. The lowest BCUT2D eigenvalue weighted by Crippen LogP contribution is -2.42. The van der Waals surface area contributed by atoms with Crippen molar-refractivity contribution in [3.63, 3.8) is 0 Å². The summed E-state index contributed by atoms with van der Waals surface area (Å²) in [7, 11) is 0. The van der Waals surface area contributed by atoms with E-state index < -0.39 is 23.2 Å². The van der Waals surface area contributed by atoms with Gasteiger partial charge in [-0.3, -0.25) is 4.90 Å². The fraction of sp³-hybridized carbons (Fsp3) is 0.407. The molecule has 1 saturated heterocycles. The number of piperidine rings is 1. The number of allylic oxidation sites excluding steroid dienone is 2. The van der Waals surface area contributed by atoms with E-state index >= 15 is 4.39 Å². The summed E-state index contributed by atoms with van der Waals surface area (Å²) in [6, 6.07) is 8.63. The first-order chi connectivity index (χ1) is 15.4. The van der Waals surface area contributed by atoms with Crippen molar-refractivity contribution in [3.05, 3.63) is 87.8 Å². The second kappa shape index (κ2) is 9.82. The lowest BCUT2D eigenvalue weighted by atomic mass is 9.82. The fourth-order valence-corrected chi connectivity index (χ4v) is 4.34. The van der Waals surface area contributed by atoms with Gasteiger partial charge in [-0.2, -0.15) is 13.2 Å². The molecule has 0 aromatic heterocycles. The molecule has 0 bridgehead atoms. The van der Waals surface area contributed by atoms with Gasteiger partial charge in [-0.05, 0) is 68.0 Å². The first kappa shape index (κ1) is 25.2. The van der Waals surface area contributed by atoms with Gasteiger partial charge in [0.05, 0.1) is 11.2 Å². The van der Waals surface area contributed by atoms with Crippen molar-refractivity contribution in [1.82, 2.24) is 4.90 Å². The van der Waals surface area contributed by atoms with Crippen molar-refractivity contribution in [1.29, 1.82) is 0 Å². The Hall–Kier alpha value is -2.44. The molecule has 2 aromatic rings. The van der Waals surface area contributed by atoms with Crippen molar-refractivity contribution >= 4 is 6.08 Å². The molecule has 0 unspecified atom stereocenters. The second-order valence-corrected chi connectivity index (χ2v) is 8.96. The number of nitrogens with zero attached hydrogens (tertiary/aromatic N) is 1. The molecule has 0 amide bonds. The molecule has 1 fully saturated rings. The average Bonchev–Trinajstić information content (AvgIpc) is 2.75. The Kier molecular flexibility index (Phi) is 7.49. The van der Waals surface area contributed by atoms with Gasteiger partial charge >= 0.3 is 6.18 Å². The maximum Gasteiger partial charge on any atom is 0.416 e. The smallest absolute Gasteiger partial charge is 0.385 e. The van der Waals surface area contributed by atoms with Crippen LogP contribution in [0.1, 0.15) is 60.9 Å². The van der Waals surface area contributed by atoms with Gasteiger partial charge in [-0.15, -0.1) is 0 Å². The summed E-state index contributed by atoms with van der Waals surface area (Å²) < 4.78 is 53.9. The van der Waals surface area contributed by atoms with Crippen molar-refractivity contribution in [2.45, 2.75) is 58.4 Å². The molecule has 2 aromatic carbocycles. The Labute approximate surface area is 193 Å². The van der Waals surface area contributed by atoms with Crippen LogP contribution in [0.25, 0.3) is 6.08 Å². The van der Waals surface area contributed by atoms with Crippen molar-refractivity contribution < 1.29 is 22.7 Å². The molecule has 3 rings (SSSR count). The third-order valence-electron chi connectivity index (χ3n) is 6.52. The predicted molar refractivity (Wildman–Crippen MR) is 124 cm³/mol. The summed E-state index contributed by atoms with van der Waals surface area (Å²) in [4.78, 5) is 2.07. The summed E-state index contributed by atoms with van der Waals surface area (Å²) in [6.07, 6.45) is -1.11. The van der Waals surface area contributed by atoms with E-state index in [1.54, 1.807) is 6.07 Å². The van der Waals surface area contributed by atoms with Gasteiger partial charge in [0.1, 0.15) is 5.82 Å². The van der Waals surface area contributed by atoms with Crippen LogP contribution in [0.2, 0.25) is 0 Å². The third-order valence-corrected chi connectivity index (χ3v) is 6.52. The number of hydrogen-bond acceptors (Lipinski definition) is 2. The van der Waals surface area contributed by atoms with Crippen LogP contribution in [-0.2, 0) is 18.3 Å². The van der Waals surface area contributed by atoms with Crippen molar-refractivity contribution in [2.24, 2.45) is 0 Å². The largest absolute Gasteiger partial charge is 0.416 e. The van der Waals surface area contributed by atoms with Gasteiger partial charge in [-0.25, -0.2) is 4.39 Å². The van der Waals surface area contributed by atoms with Crippen LogP contribution in [0.4, 0.5) is 17.6 Å². The quantitative estimate of drug-likeness (QED) is 0.370. The number of rotatable bonds is 6. The Balaban J connectivity index is 1.75. The zero-order valence-electron chi connectivity index (χ0n) is 19.4. The zero-order chi connectivity index (χ0) is 24.4. The molecule has 0 radical (unpaired) electrons. The number of alkyl halides is 3. The minimum atomic E-state index is -4.35. The number of hydrogen-bond donors (Lipinski definition) is 1. The number of likely N-dealkylation sites (tertiary alicyclic amines) is 1. The second-order valence-electron chi connectivity index (χ2n) is 8.96. The zero-order valence-corrected chi connectivity index (χ0v) is 19.4. The SMILES string of the molecule is C=C(C)/C(=C\c1c(C)ccc(C2(O)CCN(Cc3ccc(C(F)(F)F)cc3)CC2)c1F)CC. The van der Waals surface area contributed by atoms with Crippen LogP contribution in [-0.4, -0.2) is 23.1 Å². The van der Waals surface area contributed by atoms with E-state index in [0.717, 1.165) is 40.8 Å². The van der Waals surface area contributed by atoms with E-state index in [1.165, 1.54) is 12.1 Å². The molecule has 1 aliphatic rings. The Morgan fingerprint density at radius 2 is 1.73 bits per heavy atom. The maximum atomic E-state index is 15.6. The molecule has 178 valence electrons. The normalized spacial score (nSPS) is 17.3. The number of aliphatic hydroxyl groups is 1. The summed E-state index contributed by atoms with van der Waals surface area (Å²) >= 11 is 0. The van der Waals surface area contributed by atoms with E-state index in [4.69, 9.17) is 0 Å². The molecule has 1 N–H and O–H groups in total. The molecule has 33 heavy (non-hydrogen) atoms. The first-order valence-electron chi connectivity index (χ1n) is 11.2. The summed E-state index contributed by atoms with van der Waals surface area (Å²) in [5.41, 5.74) is 2.24. The fourth-order valence-electron chi connectivity index (χ4n) is 4.34. The highest BCUT2D eigenvalue weighted by atomic mass is 19.4. The van der Waals surface area contributed by atoms with E-state index in [0.29, 0.717) is 43.6 Å². The Morgan fingerprint density at radius 1 is 1.12 bits per heavy atom. The summed E-state index contributed by atoms with van der Waals surface area (Å²) in [5, 5.41) is 11.3. The van der Waals surface area contributed by atoms with Gasteiger partial charge in [0.25, 0.3) is 0 Å². The molecule has 0 spiro atoms. The molecule has 6 heteroatoms. The van der Waals surface area contributed by atoms with Crippen molar-refractivity contribution in [2.75, 3.05) is 13.1 Å². The minimum absolute atomic E-state index is 0.297. The van der Waals surface area contributed by atoms with Crippen LogP contribution >= 0.6 is 0 Å². The first-order valence-corrected chi connectivity index (χ1v) is 11.2. The molecular weight excluding hydrogens is 430 g/mol. The number of aryl methyl sites for hydroxylation is 1. The van der Waals surface area contributed by atoms with Crippen LogP contribution in [0.5, 0.6) is 0 Å². The lowest BCUT2D eigenvalue weighted by Gasteiger charge is -2.39. The van der Waals surface area contributed by atoms with Gasteiger partial charge in [0.15, 0.2) is 0 Å². The third kappa shape index (κ3) is 5.74. The minimum Gasteiger partial charge on any atom is -0.385 e. The van der Waals surface area contributed by atoms with Gasteiger partial charge < -0.3 is 5.11 Å². The van der Waals surface area contributed by atoms with Crippen molar-refractivity contribution in [3.8, 4) is 0 Å². The molecule has 1 heterocycles. The van der Waals surface area contributed by atoms with Crippen LogP contribution in [0.15, 0.2) is 54.1 Å². The molecular formula is C27H31F4NO. The standard InChI is InChI=1S/C27H31F4NO/c1-5-21(18(2)3)16-23-19(4)6-11-24(25(23)28)26(33)12-14-32(15-13-26)17-20-7-9-22(10-8-20)27(29,30)31/h6-11,16,33H,2,5,12-15,17H2,1,3-4H3/b21-16-. The molecule has 0 atom stereocenters. The topological polar surface area (TPSA) is 23.5 Å². The van der Waals surface area contributed by atoms with E-state index in [1.807, 2.05) is 32.9 Å². The molecule has 2 nitrogen and oxygen atoms in total. The van der Waals surface area contributed by atoms with Crippen LogP contribution in [0, 0.1) is 12.7 Å². The Bertz CT molecular complexity index is 1030. The highest BCUT2D eigenvalue weighted by molar-refractivity contribution is 5.62. The summed E-state index contributed by atoms with van der Waals surface area (Å²) in [5.74, 6) is -0.402. The number of benzene rings is 2. The van der Waals surface area contributed by atoms with Gasteiger partial charge in [0, 0.05) is 30.8 Å². The van der Waals surface area contributed by atoms with Crippen LogP contribution < -0.4 is 0 Å². The monoisotopic (exact) mass is 461 g/mol. The summed E-state index contributed by atoms with van der Waals surface area (Å²) in [6.45, 7) is 11.2. The lowest BCUT2D eigenvalue weighted by molar-refractivity contribution is -0.137. The average molecular weight is 462 g/mol. The highest BCUT2D eigenvalue weighted by Crippen LogP contribution is 2.37. The van der Waals surface area contributed by atoms with Gasteiger partial charge in [0.2, 0.25) is 0 Å². The highest BCUT2D eigenvalue weighted by Gasteiger charge is 2.37. The van der Waals surface area contributed by atoms with E-state index in [-0.39, 0.29) is 0 Å². The predicted octanol–water partition coefficient (Wildman–Crippen LogP) is 7.01. The molecule has 1 aliphatic heterocycles. The Morgan fingerprint density at radius 3 is 2.24 bits per heavy atom. The molecule has 0 saturated carbocycles.